The molecule has 0 amide bonds. The normalized spacial score (nSPS) is 11.5. The predicted molar refractivity (Wildman–Crippen MR) is 110 cm³/mol. The topological polar surface area (TPSA) is 25.6 Å². The van der Waals surface area contributed by atoms with E-state index in [1.54, 1.807) is 11.3 Å². The Kier molecular flexibility index (Phi) is 6.75. The minimum absolute atomic E-state index is 0.694. The highest BCUT2D eigenvalue weighted by Crippen LogP contribution is 2.41. The van der Waals surface area contributed by atoms with Crippen molar-refractivity contribution >= 4 is 22.3 Å². The first-order valence-electron chi connectivity index (χ1n) is 9.63. The number of ether oxygens (including phenoxy) is 1. The highest BCUT2D eigenvalue weighted by atomic mass is 32.1. The van der Waals surface area contributed by atoms with E-state index in [-0.39, 0.29) is 0 Å². The maximum Gasteiger partial charge on any atom is 0.138 e. The van der Waals surface area contributed by atoms with Crippen LogP contribution in [0.4, 0.5) is 0 Å². The standard InChI is InChI=1S/C22H28NO2S/c1-4-7-11-20-22(17-10-8-9-12-19(17)25-20)18-15-26-16-21(18)24-14-13-23(5-2)6-3/h8-10,12,16H,4-7,11,13-14H2,1-3H3. The fourth-order valence-electron chi connectivity index (χ4n) is 3.24. The first-order chi connectivity index (χ1) is 12.8. The molecular formula is C22H28NO2S. The van der Waals surface area contributed by atoms with Crippen molar-refractivity contribution in [2.75, 3.05) is 26.2 Å². The summed E-state index contributed by atoms with van der Waals surface area (Å²) in [6.45, 7) is 10.3. The fourth-order valence-corrected chi connectivity index (χ4v) is 3.91. The molecule has 1 aromatic carbocycles. The second-order valence-corrected chi connectivity index (χ2v) is 7.13. The maximum absolute atomic E-state index is 6.18. The summed E-state index contributed by atoms with van der Waals surface area (Å²) in [7, 11) is 0. The molecule has 0 aliphatic carbocycles. The third-order valence-electron chi connectivity index (χ3n) is 4.81. The van der Waals surface area contributed by atoms with Crippen LogP contribution in [-0.2, 0) is 6.42 Å². The van der Waals surface area contributed by atoms with E-state index in [1.807, 2.05) is 12.1 Å². The molecule has 1 radical (unpaired) electrons. The number of aryl methyl sites for hydroxylation is 1. The monoisotopic (exact) mass is 370 g/mol. The number of unbranched alkanes of at least 4 members (excludes halogenated alkanes) is 1. The summed E-state index contributed by atoms with van der Waals surface area (Å²) in [6, 6.07) is 8.27. The number of furan rings is 1. The van der Waals surface area contributed by atoms with Crippen LogP contribution in [-0.4, -0.2) is 31.1 Å². The number of fused-ring (bicyclic) bond motifs is 1. The van der Waals surface area contributed by atoms with Gasteiger partial charge in [0.05, 0.1) is 5.38 Å². The number of benzene rings is 1. The molecule has 3 aromatic rings. The quantitative estimate of drug-likeness (QED) is 0.436. The van der Waals surface area contributed by atoms with Gasteiger partial charge in [0, 0.05) is 34.9 Å². The van der Waals surface area contributed by atoms with E-state index in [4.69, 9.17) is 9.15 Å². The van der Waals surface area contributed by atoms with Gasteiger partial charge in [-0.25, -0.2) is 0 Å². The van der Waals surface area contributed by atoms with Crippen molar-refractivity contribution in [3.63, 3.8) is 0 Å². The van der Waals surface area contributed by atoms with Crippen LogP contribution in [0.5, 0.6) is 5.75 Å². The molecule has 0 spiro atoms. The number of thiophene rings is 1. The van der Waals surface area contributed by atoms with Crippen LogP contribution in [0.2, 0.25) is 0 Å². The molecule has 139 valence electrons. The number of likely N-dealkylation sites (N-methyl/N-ethyl adjacent to an activating group) is 1. The van der Waals surface area contributed by atoms with Crippen molar-refractivity contribution in [2.24, 2.45) is 0 Å². The number of para-hydroxylation sites is 1. The zero-order valence-corrected chi connectivity index (χ0v) is 16.8. The maximum atomic E-state index is 6.18. The highest BCUT2D eigenvalue weighted by Gasteiger charge is 2.20. The summed E-state index contributed by atoms with van der Waals surface area (Å²) < 4.78 is 12.3. The smallest absolute Gasteiger partial charge is 0.138 e. The fraction of sp³-hybridized carbons (Fsp3) is 0.455. The summed E-state index contributed by atoms with van der Waals surface area (Å²) in [5.74, 6) is 1.97. The second-order valence-electron chi connectivity index (χ2n) is 6.45. The van der Waals surface area contributed by atoms with Gasteiger partial charge in [0.15, 0.2) is 0 Å². The van der Waals surface area contributed by atoms with Crippen LogP contribution < -0.4 is 4.74 Å². The molecule has 0 N–H and O–H groups in total. The van der Waals surface area contributed by atoms with Crippen molar-refractivity contribution in [1.29, 1.82) is 0 Å². The first-order valence-corrected chi connectivity index (χ1v) is 10.5. The lowest BCUT2D eigenvalue weighted by molar-refractivity contribution is 0.224. The van der Waals surface area contributed by atoms with E-state index >= 15 is 0 Å². The van der Waals surface area contributed by atoms with Crippen LogP contribution >= 0.6 is 11.3 Å². The number of hydrogen-bond donors (Lipinski definition) is 0. The number of rotatable bonds is 10. The Bertz CT molecular complexity index is 817. The Balaban J connectivity index is 1.88. The molecule has 0 saturated carbocycles. The highest BCUT2D eigenvalue weighted by molar-refractivity contribution is 7.08. The van der Waals surface area contributed by atoms with Gasteiger partial charge in [-0.2, -0.15) is 0 Å². The summed E-state index contributed by atoms with van der Waals surface area (Å²) >= 11 is 1.57. The third-order valence-corrected chi connectivity index (χ3v) is 5.46. The van der Waals surface area contributed by atoms with Crippen molar-refractivity contribution < 1.29 is 9.15 Å². The van der Waals surface area contributed by atoms with E-state index in [2.05, 4.69) is 48.6 Å². The Labute approximate surface area is 160 Å². The molecule has 0 atom stereocenters. The van der Waals surface area contributed by atoms with Gasteiger partial charge in [-0.05, 0) is 25.6 Å². The van der Waals surface area contributed by atoms with Gasteiger partial charge in [-0.15, -0.1) is 11.3 Å². The SMILES string of the molecule is CCCCc1oc2ccccc2c1-c1[c]scc1OCCN(CC)CC. The van der Waals surface area contributed by atoms with E-state index in [0.717, 1.165) is 72.5 Å². The Morgan fingerprint density at radius 2 is 1.96 bits per heavy atom. The van der Waals surface area contributed by atoms with Crippen molar-refractivity contribution in [3.05, 3.63) is 40.8 Å². The largest absolute Gasteiger partial charge is 0.491 e. The minimum atomic E-state index is 0.694. The second kappa shape index (κ2) is 9.24. The van der Waals surface area contributed by atoms with Crippen LogP contribution in [0, 0.1) is 5.38 Å². The molecule has 3 rings (SSSR count). The van der Waals surface area contributed by atoms with Crippen molar-refractivity contribution in [3.8, 4) is 16.9 Å². The molecule has 0 fully saturated rings. The molecule has 3 nitrogen and oxygen atoms in total. The zero-order chi connectivity index (χ0) is 18.4. The molecular weight excluding hydrogens is 342 g/mol. The van der Waals surface area contributed by atoms with Gasteiger partial charge in [-0.3, -0.25) is 0 Å². The summed E-state index contributed by atoms with van der Waals surface area (Å²) in [4.78, 5) is 2.37. The third kappa shape index (κ3) is 4.13. The average molecular weight is 371 g/mol. The summed E-state index contributed by atoms with van der Waals surface area (Å²) in [6.07, 6.45) is 3.22. The lowest BCUT2D eigenvalue weighted by Gasteiger charge is -2.18. The van der Waals surface area contributed by atoms with E-state index in [1.165, 1.54) is 0 Å². The van der Waals surface area contributed by atoms with Gasteiger partial charge in [0.2, 0.25) is 0 Å². The summed E-state index contributed by atoms with van der Waals surface area (Å²) in [5.41, 5.74) is 3.15. The molecule has 26 heavy (non-hydrogen) atoms. The Hall–Kier alpha value is -1.78. The van der Waals surface area contributed by atoms with Crippen LogP contribution in [0.15, 0.2) is 34.1 Å². The molecule has 4 heteroatoms. The van der Waals surface area contributed by atoms with Gasteiger partial charge in [0.1, 0.15) is 23.7 Å². The molecule has 2 aromatic heterocycles. The average Bonchev–Trinajstić information content (AvgIpc) is 3.27. The van der Waals surface area contributed by atoms with E-state index < -0.39 is 0 Å². The lowest BCUT2D eigenvalue weighted by atomic mass is 10.0. The van der Waals surface area contributed by atoms with Crippen molar-refractivity contribution in [1.82, 2.24) is 4.90 Å². The van der Waals surface area contributed by atoms with E-state index in [0.29, 0.717) is 6.61 Å². The van der Waals surface area contributed by atoms with Crippen LogP contribution in [0.25, 0.3) is 22.1 Å². The first kappa shape index (κ1) is 19.0. The minimum Gasteiger partial charge on any atom is -0.491 e. The van der Waals surface area contributed by atoms with E-state index in [9.17, 15) is 0 Å². The number of hydrogen-bond acceptors (Lipinski definition) is 4. The van der Waals surface area contributed by atoms with Gasteiger partial charge < -0.3 is 14.1 Å². The van der Waals surface area contributed by atoms with Gasteiger partial charge in [0.25, 0.3) is 0 Å². The van der Waals surface area contributed by atoms with Gasteiger partial charge >= 0.3 is 0 Å². The molecule has 0 unspecified atom stereocenters. The molecule has 0 aliphatic rings. The molecule has 2 heterocycles. The van der Waals surface area contributed by atoms with Gasteiger partial charge in [-0.1, -0.05) is 45.4 Å². The summed E-state index contributed by atoms with van der Waals surface area (Å²) in [5, 5.41) is 6.64. The molecule has 0 bridgehead atoms. The van der Waals surface area contributed by atoms with Crippen molar-refractivity contribution in [2.45, 2.75) is 40.0 Å². The van der Waals surface area contributed by atoms with Crippen LogP contribution in [0.3, 0.4) is 0 Å². The van der Waals surface area contributed by atoms with Crippen LogP contribution in [0.1, 0.15) is 39.4 Å². The Morgan fingerprint density at radius 1 is 1.15 bits per heavy atom. The zero-order valence-electron chi connectivity index (χ0n) is 16.0. The number of nitrogens with zero attached hydrogens (tertiary/aromatic N) is 1. The Morgan fingerprint density at radius 3 is 2.73 bits per heavy atom. The molecule has 0 aliphatic heterocycles. The molecule has 0 saturated heterocycles. The lowest BCUT2D eigenvalue weighted by Crippen LogP contribution is -2.27. The predicted octanol–water partition coefficient (Wildman–Crippen LogP) is 6.02.